The minimum absolute atomic E-state index is 0.0822. The molecule has 0 radical (unpaired) electrons. The van der Waals surface area contributed by atoms with Gasteiger partial charge in [0.2, 0.25) is 5.91 Å². The first-order valence-electron chi connectivity index (χ1n) is 5.84. The number of nitrogens with one attached hydrogen (secondary N) is 2. The number of hydrogen-bond donors (Lipinski definition) is 2. The fourth-order valence-corrected chi connectivity index (χ4v) is 1.62. The molecule has 1 amide bonds. The maximum atomic E-state index is 11.6. The van der Waals surface area contributed by atoms with Crippen molar-refractivity contribution in [2.24, 2.45) is 0 Å². The highest BCUT2D eigenvalue weighted by Gasteiger charge is 2.19. The third kappa shape index (κ3) is 3.66. The van der Waals surface area contributed by atoms with Crippen LogP contribution in [0.15, 0.2) is 24.3 Å². The standard InChI is InChI=1S/C13H18N2O/c1-10-3-2-4-12(9-10)15-13(16)7-8-14-11-5-6-11/h2-4,9,11,14H,5-8H2,1H3,(H,15,16). The van der Waals surface area contributed by atoms with Gasteiger partial charge in [0.15, 0.2) is 0 Å². The molecule has 0 heterocycles. The van der Waals surface area contributed by atoms with E-state index in [1.54, 1.807) is 0 Å². The number of carbonyl (C=O) groups is 1. The lowest BCUT2D eigenvalue weighted by Gasteiger charge is -2.06. The first kappa shape index (κ1) is 11.1. The summed E-state index contributed by atoms with van der Waals surface area (Å²) >= 11 is 0. The Morgan fingerprint density at radius 1 is 1.44 bits per heavy atom. The maximum absolute atomic E-state index is 11.6. The van der Waals surface area contributed by atoms with Crippen molar-refractivity contribution in [1.82, 2.24) is 5.32 Å². The van der Waals surface area contributed by atoms with E-state index >= 15 is 0 Å². The van der Waals surface area contributed by atoms with Crippen LogP contribution in [0.25, 0.3) is 0 Å². The highest BCUT2D eigenvalue weighted by molar-refractivity contribution is 5.90. The third-order valence-electron chi connectivity index (χ3n) is 2.66. The molecule has 1 aromatic rings. The second kappa shape index (κ2) is 5.12. The van der Waals surface area contributed by atoms with Gasteiger partial charge >= 0.3 is 0 Å². The van der Waals surface area contributed by atoms with Gasteiger partial charge in [-0.1, -0.05) is 12.1 Å². The molecule has 0 unspecified atom stereocenters. The molecule has 16 heavy (non-hydrogen) atoms. The fraction of sp³-hybridized carbons (Fsp3) is 0.462. The van der Waals surface area contributed by atoms with E-state index in [0.29, 0.717) is 12.5 Å². The van der Waals surface area contributed by atoms with Gasteiger partial charge in [-0.25, -0.2) is 0 Å². The van der Waals surface area contributed by atoms with E-state index in [9.17, 15) is 4.79 Å². The Morgan fingerprint density at radius 3 is 2.94 bits per heavy atom. The number of amides is 1. The summed E-state index contributed by atoms with van der Waals surface area (Å²) in [6.07, 6.45) is 3.07. The summed E-state index contributed by atoms with van der Waals surface area (Å²) in [7, 11) is 0. The van der Waals surface area contributed by atoms with Crippen LogP contribution < -0.4 is 10.6 Å². The van der Waals surface area contributed by atoms with Gasteiger partial charge in [-0.15, -0.1) is 0 Å². The van der Waals surface area contributed by atoms with E-state index in [0.717, 1.165) is 17.8 Å². The normalized spacial score (nSPS) is 14.8. The molecule has 1 aliphatic rings. The molecule has 3 heteroatoms. The quantitative estimate of drug-likeness (QED) is 0.794. The Labute approximate surface area is 96.2 Å². The van der Waals surface area contributed by atoms with Gasteiger partial charge in [-0.2, -0.15) is 0 Å². The van der Waals surface area contributed by atoms with Gasteiger partial charge in [0.05, 0.1) is 0 Å². The molecule has 0 saturated heterocycles. The van der Waals surface area contributed by atoms with Crippen LogP contribution in [0.2, 0.25) is 0 Å². The summed E-state index contributed by atoms with van der Waals surface area (Å²) in [5.41, 5.74) is 2.05. The minimum atomic E-state index is 0.0822. The molecule has 0 bridgehead atoms. The smallest absolute Gasteiger partial charge is 0.225 e. The van der Waals surface area contributed by atoms with Crippen molar-refractivity contribution < 1.29 is 4.79 Å². The monoisotopic (exact) mass is 218 g/mol. The SMILES string of the molecule is Cc1cccc(NC(=O)CCNC2CC2)c1. The van der Waals surface area contributed by atoms with Crippen LogP contribution in [0.1, 0.15) is 24.8 Å². The van der Waals surface area contributed by atoms with Crippen LogP contribution >= 0.6 is 0 Å². The predicted molar refractivity (Wildman–Crippen MR) is 65.5 cm³/mol. The molecule has 1 aliphatic carbocycles. The molecule has 2 rings (SSSR count). The molecule has 1 saturated carbocycles. The largest absolute Gasteiger partial charge is 0.326 e. The summed E-state index contributed by atoms with van der Waals surface area (Å²) in [6.45, 7) is 2.80. The van der Waals surface area contributed by atoms with Crippen LogP contribution in [-0.2, 0) is 4.79 Å². The van der Waals surface area contributed by atoms with Crippen molar-refractivity contribution >= 4 is 11.6 Å². The Bertz CT molecular complexity index is 372. The number of carbonyl (C=O) groups excluding carboxylic acids is 1. The lowest BCUT2D eigenvalue weighted by Crippen LogP contribution is -2.23. The van der Waals surface area contributed by atoms with E-state index in [-0.39, 0.29) is 5.91 Å². The second-order valence-corrected chi connectivity index (χ2v) is 4.40. The summed E-state index contributed by atoms with van der Waals surface area (Å²) in [5.74, 6) is 0.0822. The van der Waals surface area contributed by atoms with Gasteiger partial charge in [-0.3, -0.25) is 4.79 Å². The van der Waals surface area contributed by atoms with Crippen LogP contribution in [0.4, 0.5) is 5.69 Å². The van der Waals surface area contributed by atoms with Crippen molar-refractivity contribution in [1.29, 1.82) is 0 Å². The first-order valence-corrected chi connectivity index (χ1v) is 5.84. The zero-order valence-electron chi connectivity index (χ0n) is 9.62. The van der Waals surface area contributed by atoms with Crippen molar-refractivity contribution in [3.05, 3.63) is 29.8 Å². The van der Waals surface area contributed by atoms with E-state index in [2.05, 4.69) is 10.6 Å². The average Bonchev–Trinajstić information content (AvgIpc) is 3.01. The molecule has 0 spiro atoms. The predicted octanol–water partition coefficient (Wildman–Crippen LogP) is 2.08. The molecule has 1 fully saturated rings. The molecule has 0 aromatic heterocycles. The van der Waals surface area contributed by atoms with E-state index < -0.39 is 0 Å². The van der Waals surface area contributed by atoms with Crippen LogP contribution in [0, 0.1) is 6.92 Å². The number of aryl methyl sites for hydroxylation is 1. The number of hydrogen-bond acceptors (Lipinski definition) is 2. The topological polar surface area (TPSA) is 41.1 Å². The number of benzene rings is 1. The molecular formula is C13H18N2O. The minimum Gasteiger partial charge on any atom is -0.326 e. The third-order valence-corrected chi connectivity index (χ3v) is 2.66. The summed E-state index contributed by atoms with van der Waals surface area (Å²) < 4.78 is 0. The van der Waals surface area contributed by atoms with Gasteiger partial charge in [-0.05, 0) is 37.5 Å². The Hall–Kier alpha value is -1.35. The first-order chi connectivity index (χ1) is 7.74. The molecular weight excluding hydrogens is 200 g/mol. The van der Waals surface area contributed by atoms with Crippen molar-refractivity contribution in [2.45, 2.75) is 32.2 Å². The van der Waals surface area contributed by atoms with Gasteiger partial charge in [0.25, 0.3) is 0 Å². The lowest BCUT2D eigenvalue weighted by atomic mass is 10.2. The molecule has 86 valence electrons. The van der Waals surface area contributed by atoms with E-state index in [4.69, 9.17) is 0 Å². The van der Waals surface area contributed by atoms with Gasteiger partial charge < -0.3 is 10.6 Å². The van der Waals surface area contributed by atoms with Crippen LogP contribution in [0.5, 0.6) is 0 Å². The fourth-order valence-electron chi connectivity index (χ4n) is 1.62. The van der Waals surface area contributed by atoms with Gasteiger partial charge in [0.1, 0.15) is 0 Å². The van der Waals surface area contributed by atoms with Crippen molar-refractivity contribution in [2.75, 3.05) is 11.9 Å². The Morgan fingerprint density at radius 2 is 2.25 bits per heavy atom. The lowest BCUT2D eigenvalue weighted by molar-refractivity contribution is -0.116. The van der Waals surface area contributed by atoms with Crippen molar-refractivity contribution in [3.8, 4) is 0 Å². The molecule has 0 atom stereocenters. The Kier molecular flexibility index (Phi) is 3.57. The van der Waals surface area contributed by atoms with Gasteiger partial charge in [0, 0.05) is 24.7 Å². The summed E-state index contributed by atoms with van der Waals surface area (Å²) in [6, 6.07) is 8.54. The number of rotatable bonds is 5. The summed E-state index contributed by atoms with van der Waals surface area (Å²) in [5, 5.41) is 6.22. The maximum Gasteiger partial charge on any atom is 0.225 e. The zero-order valence-corrected chi connectivity index (χ0v) is 9.62. The second-order valence-electron chi connectivity index (χ2n) is 4.40. The van der Waals surface area contributed by atoms with E-state index in [1.807, 2.05) is 31.2 Å². The number of anilines is 1. The molecule has 0 aliphatic heterocycles. The molecule has 3 nitrogen and oxygen atoms in total. The molecule has 1 aromatic carbocycles. The molecule has 2 N–H and O–H groups in total. The van der Waals surface area contributed by atoms with Crippen molar-refractivity contribution in [3.63, 3.8) is 0 Å². The van der Waals surface area contributed by atoms with Crippen LogP contribution in [0.3, 0.4) is 0 Å². The van der Waals surface area contributed by atoms with E-state index in [1.165, 1.54) is 12.8 Å². The summed E-state index contributed by atoms with van der Waals surface area (Å²) in [4.78, 5) is 11.6. The van der Waals surface area contributed by atoms with Crippen LogP contribution in [-0.4, -0.2) is 18.5 Å². The highest BCUT2D eigenvalue weighted by atomic mass is 16.1. The Balaban J connectivity index is 1.73. The average molecular weight is 218 g/mol. The highest BCUT2D eigenvalue weighted by Crippen LogP contribution is 2.18. The zero-order chi connectivity index (χ0) is 11.4.